The standard InChI is InChI=1S/C18H32N4O4/c1-6-21(11-12-24-5)13-15-19-20-16(25-15)14-7-9-22(10-8-14)17(23)26-18(2,3)4/h14H,6-13H2,1-5H3. The molecule has 0 atom stereocenters. The number of methoxy groups -OCH3 is 1. The Bertz CT molecular complexity index is 562. The van der Waals surface area contributed by atoms with Crippen molar-refractivity contribution in [3.8, 4) is 0 Å². The number of nitrogens with zero attached hydrogens (tertiary/aromatic N) is 4. The summed E-state index contributed by atoms with van der Waals surface area (Å²) in [5.74, 6) is 1.50. The van der Waals surface area contributed by atoms with E-state index in [1.54, 1.807) is 12.0 Å². The van der Waals surface area contributed by atoms with Gasteiger partial charge in [-0.15, -0.1) is 10.2 Å². The fourth-order valence-corrected chi connectivity index (χ4v) is 2.89. The van der Waals surface area contributed by atoms with Gasteiger partial charge in [-0.3, -0.25) is 4.90 Å². The van der Waals surface area contributed by atoms with Gasteiger partial charge in [-0.25, -0.2) is 4.79 Å². The summed E-state index contributed by atoms with van der Waals surface area (Å²) in [7, 11) is 1.70. The lowest BCUT2D eigenvalue weighted by atomic mass is 9.97. The molecule has 0 aromatic carbocycles. The highest BCUT2D eigenvalue weighted by molar-refractivity contribution is 5.68. The van der Waals surface area contributed by atoms with Gasteiger partial charge in [-0.1, -0.05) is 6.92 Å². The van der Waals surface area contributed by atoms with Crippen molar-refractivity contribution in [2.45, 2.75) is 58.6 Å². The van der Waals surface area contributed by atoms with Gasteiger partial charge in [0.2, 0.25) is 11.8 Å². The molecule has 0 bridgehead atoms. The number of carbonyl (C=O) groups is 1. The molecule has 1 aromatic heterocycles. The van der Waals surface area contributed by atoms with Gasteiger partial charge in [0, 0.05) is 32.7 Å². The maximum absolute atomic E-state index is 12.1. The average molecular weight is 368 g/mol. The van der Waals surface area contributed by atoms with Crippen molar-refractivity contribution >= 4 is 6.09 Å². The highest BCUT2D eigenvalue weighted by Gasteiger charge is 2.30. The van der Waals surface area contributed by atoms with E-state index in [1.165, 1.54) is 0 Å². The van der Waals surface area contributed by atoms with Gasteiger partial charge in [-0.2, -0.15) is 0 Å². The van der Waals surface area contributed by atoms with Crippen LogP contribution in [0.15, 0.2) is 4.42 Å². The number of ether oxygens (including phenoxy) is 2. The summed E-state index contributed by atoms with van der Waals surface area (Å²) in [6.45, 7) is 12.1. The number of aromatic nitrogens is 2. The van der Waals surface area contributed by atoms with Crippen molar-refractivity contribution < 1.29 is 18.7 Å². The van der Waals surface area contributed by atoms with Gasteiger partial charge >= 0.3 is 6.09 Å². The molecule has 2 rings (SSSR count). The predicted octanol–water partition coefficient (Wildman–Crippen LogP) is 2.65. The Hall–Kier alpha value is -1.67. The van der Waals surface area contributed by atoms with Crippen molar-refractivity contribution in [3.63, 3.8) is 0 Å². The number of carbonyl (C=O) groups excluding carboxylic acids is 1. The zero-order valence-corrected chi connectivity index (χ0v) is 16.7. The fraction of sp³-hybridized carbons (Fsp3) is 0.833. The Morgan fingerprint density at radius 2 is 2.00 bits per heavy atom. The monoisotopic (exact) mass is 368 g/mol. The van der Waals surface area contributed by atoms with Gasteiger partial charge < -0.3 is 18.8 Å². The van der Waals surface area contributed by atoms with Gasteiger partial charge in [0.25, 0.3) is 0 Å². The Morgan fingerprint density at radius 1 is 1.31 bits per heavy atom. The van der Waals surface area contributed by atoms with E-state index in [9.17, 15) is 4.79 Å². The molecule has 0 radical (unpaired) electrons. The minimum absolute atomic E-state index is 0.198. The smallest absolute Gasteiger partial charge is 0.410 e. The SMILES string of the molecule is CCN(CCOC)Cc1nnc(C2CCN(C(=O)OC(C)(C)C)CC2)o1. The Balaban J connectivity index is 1.84. The second-order valence-corrected chi connectivity index (χ2v) is 7.64. The molecule has 1 saturated heterocycles. The number of rotatable bonds is 7. The highest BCUT2D eigenvalue weighted by Crippen LogP contribution is 2.28. The van der Waals surface area contributed by atoms with Crippen LogP contribution in [0.2, 0.25) is 0 Å². The van der Waals surface area contributed by atoms with Crippen LogP contribution in [0.25, 0.3) is 0 Å². The maximum atomic E-state index is 12.1. The average Bonchev–Trinajstić information content (AvgIpc) is 3.05. The van der Waals surface area contributed by atoms with E-state index in [1.807, 2.05) is 20.8 Å². The number of likely N-dealkylation sites (N-methyl/N-ethyl adjacent to an activating group) is 1. The summed E-state index contributed by atoms with van der Waals surface area (Å²) in [6.07, 6.45) is 1.36. The van der Waals surface area contributed by atoms with E-state index in [0.717, 1.165) is 25.9 Å². The molecule has 26 heavy (non-hydrogen) atoms. The Labute approximate surface area is 155 Å². The van der Waals surface area contributed by atoms with Crippen LogP contribution in [-0.4, -0.2) is 71.6 Å². The first kappa shape index (κ1) is 20.6. The van der Waals surface area contributed by atoms with Crippen molar-refractivity contribution in [1.82, 2.24) is 20.0 Å². The van der Waals surface area contributed by atoms with Gasteiger partial charge in [0.05, 0.1) is 13.2 Å². The summed E-state index contributed by atoms with van der Waals surface area (Å²) in [6, 6.07) is 0. The van der Waals surface area contributed by atoms with Crippen LogP contribution < -0.4 is 0 Å². The van der Waals surface area contributed by atoms with Crippen LogP contribution in [0.5, 0.6) is 0 Å². The lowest BCUT2D eigenvalue weighted by Gasteiger charge is -2.32. The molecule has 8 heteroatoms. The normalized spacial score (nSPS) is 16.3. The van der Waals surface area contributed by atoms with E-state index < -0.39 is 5.60 Å². The zero-order chi connectivity index (χ0) is 19.2. The third-order valence-corrected chi connectivity index (χ3v) is 4.40. The second kappa shape index (κ2) is 9.32. The van der Waals surface area contributed by atoms with Crippen LogP contribution in [-0.2, 0) is 16.0 Å². The van der Waals surface area contributed by atoms with E-state index >= 15 is 0 Å². The largest absolute Gasteiger partial charge is 0.444 e. The van der Waals surface area contributed by atoms with E-state index in [-0.39, 0.29) is 12.0 Å². The Morgan fingerprint density at radius 3 is 2.58 bits per heavy atom. The number of likely N-dealkylation sites (tertiary alicyclic amines) is 1. The predicted molar refractivity (Wildman–Crippen MR) is 96.9 cm³/mol. The molecular weight excluding hydrogens is 336 g/mol. The topological polar surface area (TPSA) is 80.9 Å². The first-order valence-electron chi connectivity index (χ1n) is 9.34. The summed E-state index contributed by atoms with van der Waals surface area (Å²) >= 11 is 0. The van der Waals surface area contributed by atoms with Gasteiger partial charge in [0.1, 0.15) is 5.60 Å². The lowest BCUT2D eigenvalue weighted by Crippen LogP contribution is -2.41. The van der Waals surface area contributed by atoms with Crippen molar-refractivity contribution in [1.29, 1.82) is 0 Å². The molecule has 0 aliphatic carbocycles. The third-order valence-electron chi connectivity index (χ3n) is 4.40. The molecule has 2 heterocycles. The minimum atomic E-state index is -0.469. The van der Waals surface area contributed by atoms with Crippen LogP contribution in [0.4, 0.5) is 4.79 Å². The molecule has 0 unspecified atom stereocenters. The van der Waals surface area contributed by atoms with Crippen molar-refractivity contribution in [2.75, 3.05) is 39.9 Å². The van der Waals surface area contributed by atoms with Gasteiger partial charge in [-0.05, 0) is 40.2 Å². The lowest BCUT2D eigenvalue weighted by molar-refractivity contribution is 0.0198. The molecule has 8 nitrogen and oxygen atoms in total. The second-order valence-electron chi connectivity index (χ2n) is 7.64. The van der Waals surface area contributed by atoms with Crippen molar-refractivity contribution in [3.05, 3.63) is 11.8 Å². The maximum Gasteiger partial charge on any atom is 0.410 e. The summed E-state index contributed by atoms with van der Waals surface area (Å²) in [5.41, 5.74) is -0.469. The van der Waals surface area contributed by atoms with Crippen molar-refractivity contribution in [2.24, 2.45) is 0 Å². The van der Waals surface area contributed by atoms with Gasteiger partial charge in [0.15, 0.2) is 0 Å². The summed E-state index contributed by atoms with van der Waals surface area (Å²) in [4.78, 5) is 16.1. The van der Waals surface area contributed by atoms with E-state index in [0.29, 0.717) is 38.0 Å². The fourth-order valence-electron chi connectivity index (χ4n) is 2.89. The zero-order valence-electron chi connectivity index (χ0n) is 16.7. The number of piperidine rings is 1. The number of amides is 1. The first-order valence-corrected chi connectivity index (χ1v) is 9.34. The van der Waals surface area contributed by atoms with E-state index in [2.05, 4.69) is 22.0 Å². The summed E-state index contributed by atoms with van der Waals surface area (Å²) < 4.78 is 16.4. The van der Waals surface area contributed by atoms with Crippen LogP contribution >= 0.6 is 0 Å². The van der Waals surface area contributed by atoms with Crippen LogP contribution in [0, 0.1) is 0 Å². The molecule has 1 aliphatic heterocycles. The molecule has 1 amide bonds. The minimum Gasteiger partial charge on any atom is -0.444 e. The first-order chi connectivity index (χ1) is 12.3. The molecular formula is C18H32N4O4. The Kier molecular flexibility index (Phi) is 7.40. The molecule has 0 spiro atoms. The number of hydrogen-bond donors (Lipinski definition) is 0. The molecule has 0 N–H and O–H groups in total. The molecule has 148 valence electrons. The highest BCUT2D eigenvalue weighted by atomic mass is 16.6. The van der Waals surface area contributed by atoms with Crippen LogP contribution in [0.1, 0.15) is 58.2 Å². The third kappa shape index (κ3) is 6.25. The molecule has 1 fully saturated rings. The number of hydrogen-bond acceptors (Lipinski definition) is 7. The molecule has 0 saturated carbocycles. The van der Waals surface area contributed by atoms with E-state index in [4.69, 9.17) is 13.9 Å². The molecule has 1 aromatic rings. The summed E-state index contributed by atoms with van der Waals surface area (Å²) in [5, 5.41) is 8.41. The quantitative estimate of drug-likeness (QED) is 0.732. The molecule has 1 aliphatic rings. The van der Waals surface area contributed by atoms with Crippen LogP contribution in [0.3, 0.4) is 0 Å².